The molecule has 2 amide bonds. The molecule has 2 aromatic carbocycles. The van der Waals surface area contributed by atoms with Gasteiger partial charge in [-0.1, -0.05) is 18.2 Å². The van der Waals surface area contributed by atoms with E-state index >= 15 is 0 Å². The molecule has 1 aliphatic heterocycles. The number of nitrogens with one attached hydrogen (secondary N) is 1. The van der Waals surface area contributed by atoms with Crippen LogP contribution < -0.4 is 14.8 Å². The van der Waals surface area contributed by atoms with Crippen LogP contribution in [-0.4, -0.2) is 31.7 Å². The number of likely N-dealkylation sites (tertiary alicyclic amines) is 1. The minimum atomic E-state index is -0.447. The number of halogens is 1. The van der Waals surface area contributed by atoms with Crippen LogP contribution in [-0.2, 0) is 0 Å². The molecule has 1 N–H and O–H groups in total. The normalized spacial score (nSPS) is 16.6. The Balaban J connectivity index is 1.80. The second-order valence-electron chi connectivity index (χ2n) is 5.88. The highest BCUT2D eigenvalue weighted by Crippen LogP contribution is 2.37. The van der Waals surface area contributed by atoms with Crippen LogP contribution in [0.1, 0.15) is 24.4 Å². The molecule has 1 atom stereocenters. The maximum atomic E-state index is 13.8. The van der Waals surface area contributed by atoms with E-state index in [1.165, 1.54) is 6.07 Å². The Labute approximate surface area is 146 Å². The van der Waals surface area contributed by atoms with Crippen LogP contribution in [0.15, 0.2) is 42.5 Å². The molecule has 0 bridgehead atoms. The molecular formula is C19H21FN2O3. The first-order valence-electron chi connectivity index (χ1n) is 8.18. The third-order valence-corrected chi connectivity index (χ3v) is 4.42. The molecule has 1 fully saturated rings. The molecule has 3 rings (SSSR count). The number of benzene rings is 2. The highest BCUT2D eigenvalue weighted by Gasteiger charge is 2.31. The number of methoxy groups -OCH3 is 2. The Morgan fingerprint density at radius 2 is 1.92 bits per heavy atom. The van der Waals surface area contributed by atoms with Crippen molar-refractivity contribution >= 4 is 11.7 Å². The van der Waals surface area contributed by atoms with E-state index < -0.39 is 5.82 Å². The predicted octanol–water partition coefficient (Wildman–Crippen LogP) is 4.21. The van der Waals surface area contributed by atoms with Gasteiger partial charge in [0.05, 0.1) is 25.9 Å². The molecule has 1 heterocycles. The number of rotatable bonds is 4. The zero-order valence-electron chi connectivity index (χ0n) is 14.3. The van der Waals surface area contributed by atoms with Gasteiger partial charge in [-0.15, -0.1) is 0 Å². The summed E-state index contributed by atoms with van der Waals surface area (Å²) in [4.78, 5) is 14.4. The fourth-order valence-electron chi connectivity index (χ4n) is 3.17. The number of hydrogen-bond donors (Lipinski definition) is 1. The van der Waals surface area contributed by atoms with Gasteiger partial charge >= 0.3 is 6.03 Å². The average Bonchev–Trinajstić information content (AvgIpc) is 3.13. The summed E-state index contributed by atoms with van der Waals surface area (Å²) >= 11 is 0. The lowest BCUT2D eigenvalue weighted by atomic mass is 10.0. The van der Waals surface area contributed by atoms with Gasteiger partial charge in [-0.2, -0.15) is 0 Å². The lowest BCUT2D eigenvalue weighted by Gasteiger charge is -2.26. The molecule has 132 valence electrons. The Hall–Kier alpha value is -2.76. The first kappa shape index (κ1) is 17.1. The van der Waals surface area contributed by atoms with Gasteiger partial charge in [0.15, 0.2) is 11.5 Å². The van der Waals surface area contributed by atoms with Crippen molar-refractivity contribution in [3.8, 4) is 11.5 Å². The molecule has 2 aromatic rings. The van der Waals surface area contributed by atoms with E-state index in [9.17, 15) is 9.18 Å². The van der Waals surface area contributed by atoms with Crippen molar-refractivity contribution < 1.29 is 18.7 Å². The van der Waals surface area contributed by atoms with Gasteiger partial charge in [0.2, 0.25) is 0 Å². The van der Waals surface area contributed by atoms with Gasteiger partial charge < -0.3 is 19.7 Å². The van der Waals surface area contributed by atoms with E-state index in [4.69, 9.17) is 9.47 Å². The maximum absolute atomic E-state index is 13.8. The molecule has 0 radical (unpaired) electrons. The fraction of sp³-hybridized carbons (Fsp3) is 0.316. The highest BCUT2D eigenvalue weighted by atomic mass is 19.1. The number of anilines is 1. The summed E-state index contributed by atoms with van der Waals surface area (Å²) in [7, 11) is 3.17. The number of ether oxygens (including phenoxy) is 2. The molecule has 5 nitrogen and oxygen atoms in total. The first-order valence-corrected chi connectivity index (χ1v) is 8.18. The standard InChI is InChI=1S/C19H21FN2O3/c1-24-17-10-9-13(12-18(17)25-2)16-8-5-11-22(16)19(23)21-15-7-4-3-6-14(15)20/h3-4,6-7,9-10,12,16H,5,8,11H2,1-2H3,(H,21,23)/t16-/m1/s1. The lowest BCUT2D eigenvalue weighted by Crippen LogP contribution is -2.34. The molecule has 1 saturated heterocycles. The van der Waals surface area contributed by atoms with Crippen LogP contribution in [0.3, 0.4) is 0 Å². The Bertz CT molecular complexity index is 766. The van der Waals surface area contributed by atoms with Crippen molar-refractivity contribution in [2.75, 3.05) is 26.1 Å². The topological polar surface area (TPSA) is 50.8 Å². The number of amides is 2. The van der Waals surface area contributed by atoms with Crippen molar-refractivity contribution in [1.82, 2.24) is 4.90 Å². The van der Waals surface area contributed by atoms with E-state index in [-0.39, 0.29) is 17.8 Å². The summed E-state index contributed by atoms with van der Waals surface area (Å²) in [5, 5.41) is 2.66. The minimum Gasteiger partial charge on any atom is -0.493 e. The van der Waals surface area contributed by atoms with E-state index in [0.29, 0.717) is 18.0 Å². The van der Waals surface area contributed by atoms with E-state index in [1.807, 2.05) is 18.2 Å². The third-order valence-electron chi connectivity index (χ3n) is 4.42. The SMILES string of the molecule is COc1ccc([C@H]2CCCN2C(=O)Nc2ccccc2F)cc1OC. The quantitative estimate of drug-likeness (QED) is 0.904. The van der Waals surface area contributed by atoms with Crippen LogP contribution >= 0.6 is 0 Å². The number of carbonyl (C=O) groups excluding carboxylic acids is 1. The molecule has 6 heteroatoms. The van der Waals surface area contributed by atoms with Crippen LogP contribution in [0.25, 0.3) is 0 Å². The van der Waals surface area contributed by atoms with Gasteiger partial charge in [-0.05, 0) is 42.7 Å². The van der Waals surface area contributed by atoms with Gasteiger partial charge in [-0.3, -0.25) is 0 Å². The number of urea groups is 1. The summed E-state index contributed by atoms with van der Waals surface area (Å²) in [5.41, 5.74) is 1.16. The van der Waals surface area contributed by atoms with Gasteiger partial charge in [0, 0.05) is 6.54 Å². The molecular weight excluding hydrogens is 323 g/mol. The maximum Gasteiger partial charge on any atom is 0.322 e. The molecule has 0 aromatic heterocycles. The molecule has 0 aliphatic carbocycles. The van der Waals surface area contributed by atoms with Crippen molar-refractivity contribution in [1.29, 1.82) is 0 Å². The zero-order chi connectivity index (χ0) is 17.8. The summed E-state index contributed by atoms with van der Waals surface area (Å²) in [6.07, 6.45) is 1.74. The predicted molar refractivity (Wildman–Crippen MR) is 93.6 cm³/mol. The van der Waals surface area contributed by atoms with Crippen molar-refractivity contribution in [2.45, 2.75) is 18.9 Å². The third kappa shape index (κ3) is 3.52. The van der Waals surface area contributed by atoms with Gasteiger partial charge in [-0.25, -0.2) is 9.18 Å². The van der Waals surface area contributed by atoms with Crippen molar-refractivity contribution in [2.24, 2.45) is 0 Å². The summed E-state index contributed by atoms with van der Waals surface area (Å²) in [5.74, 6) is 0.825. The average molecular weight is 344 g/mol. The number of carbonyl (C=O) groups is 1. The van der Waals surface area contributed by atoms with Gasteiger partial charge in [0.1, 0.15) is 5.82 Å². The molecule has 1 aliphatic rings. The Morgan fingerprint density at radius 1 is 1.16 bits per heavy atom. The molecule has 0 saturated carbocycles. The largest absolute Gasteiger partial charge is 0.493 e. The van der Waals surface area contributed by atoms with Crippen LogP contribution in [0.5, 0.6) is 11.5 Å². The second kappa shape index (κ2) is 7.42. The monoisotopic (exact) mass is 344 g/mol. The minimum absolute atomic E-state index is 0.0772. The molecule has 25 heavy (non-hydrogen) atoms. The molecule has 0 unspecified atom stereocenters. The van der Waals surface area contributed by atoms with E-state index in [2.05, 4.69) is 5.32 Å². The highest BCUT2D eigenvalue weighted by molar-refractivity contribution is 5.90. The summed E-state index contributed by atoms with van der Waals surface area (Å²) in [6, 6.07) is 11.4. The van der Waals surface area contributed by atoms with Crippen LogP contribution in [0.4, 0.5) is 14.9 Å². The van der Waals surface area contributed by atoms with Crippen molar-refractivity contribution in [3.05, 3.63) is 53.8 Å². The Morgan fingerprint density at radius 3 is 2.64 bits per heavy atom. The van der Waals surface area contributed by atoms with E-state index in [0.717, 1.165) is 18.4 Å². The summed E-state index contributed by atoms with van der Waals surface area (Å²) in [6.45, 7) is 0.624. The smallest absolute Gasteiger partial charge is 0.322 e. The first-order chi connectivity index (χ1) is 12.1. The van der Waals surface area contributed by atoms with Crippen LogP contribution in [0.2, 0.25) is 0 Å². The number of nitrogens with zero attached hydrogens (tertiary/aromatic N) is 1. The van der Waals surface area contributed by atoms with E-state index in [1.54, 1.807) is 37.3 Å². The molecule has 0 spiro atoms. The number of hydrogen-bond acceptors (Lipinski definition) is 3. The van der Waals surface area contributed by atoms with Gasteiger partial charge in [0.25, 0.3) is 0 Å². The lowest BCUT2D eigenvalue weighted by molar-refractivity contribution is 0.207. The second-order valence-corrected chi connectivity index (χ2v) is 5.88. The van der Waals surface area contributed by atoms with Crippen LogP contribution in [0, 0.1) is 5.82 Å². The fourth-order valence-corrected chi connectivity index (χ4v) is 3.17. The Kier molecular flexibility index (Phi) is 5.07. The number of para-hydroxylation sites is 1. The van der Waals surface area contributed by atoms with Crippen molar-refractivity contribution in [3.63, 3.8) is 0 Å². The summed E-state index contributed by atoms with van der Waals surface area (Å²) < 4.78 is 24.4. The zero-order valence-corrected chi connectivity index (χ0v) is 14.3.